The first-order chi connectivity index (χ1) is 16.9. The summed E-state index contributed by atoms with van der Waals surface area (Å²) >= 11 is 17.6. The van der Waals surface area contributed by atoms with E-state index in [1.807, 2.05) is 37.3 Å². The minimum atomic E-state index is -0.502. The van der Waals surface area contributed by atoms with Crippen molar-refractivity contribution in [2.24, 2.45) is 0 Å². The molecular formula is C25H17Cl2N5O2S. The van der Waals surface area contributed by atoms with Gasteiger partial charge in [0.1, 0.15) is 16.8 Å². The number of halogens is 2. The van der Waals surface area contributed by atoms with Gasteiger partial charge in [0, 0.05) is 11.3 Å². The minimum Gasteiger partial charge on any atom is -0.451 e. The van der Waals surface area contributed by atoms with Gasteiger partial charge in [0.25, 0.3) is 5.91 Å². The van der Waals surface area contributed by atoms with E-state index in [-0.39, 0.29) is 10.9 Å². The highest BCUT2D eigenvalue weighted by atomic mass is 35.5. The molecule has 5 aromatic rings. The molecule has 35 heavy (non-hydrogen) atoms. The number of fused-ring (bicyclic) bond motifs is 1. The van der Waals surface area contributed by atoms with Crippen LogP contribution < -0.4 is 10.6 Å². The summed E-state index contributed by atoms with van der Waals surface area (Å²) in [6.45, 7) is 2.02. The molecular weight excluding hydrogens is 505 g/mol. The molecule has 0 saturated carbocycles. The zero-order chi connectivity index (χ0) is 24.5. The van der Waals surface area contributed by atoms with E-state index in [0.29, 0.717) is 32.6 Å². The van der Waals surface area contributed by atoms with Gasteiger partial charge in [-0.05, 0) is 73.7 Å². The number of thiocarbonyl (C=S) groups is 1. The van der Waals surface area contributed by atoms with Gasteiger partial charge < -0.3 is 9.73 Å². The van der Waals surface area contributed by atoms with Crippen molar-refractivity contribution < 1.29 is 9.21 Å². The van der Waals surface area contributed by atoms with Gasteiger partial charge in [-0.2, -0.15) is 4.80 Å². The predicted octanol–water partition coefficient (Wildman–Crippen LogP) is 6.42. The van der Waals surface area contributed by atoms with E-state index in [0.717, 1.165) is 16.8 Å². The van der Waals surface area contributed by atoms with Crippen LogP contribution in [0.2, 0.25) is 10.0 Å². The number of anilines is 1. The van der Waals surface area contributed by atoms with Gasteiger partial charge in [0.2, 0.25) is 0 Å². The Morgan fingerprint density at radius 3 is 2.54 bits per heavy atom. The second kappa shape index (κ2) is 9.50. The van der Waals surface area contributed by atoms with Crippen molar-refractivity contribution in [1.82, 2.24) is 20.3 Å². The van der Waals surface area contributed by atoms with Crippen molar-refractivity contribution in [3.8, 4) is 17.0 Å². The summed E-state index contributed by atoms with van der Waals surface area (Å²) in [5.74, 6) is -0.00128. The Labute approximate surface area is 215 Å². The highest BCUT2D eigenvalue weighted by molar-refractivity contribution is 7.80. The Morgan fingerprint density at radius 2 is 1.74 bits per heavy atom. The van der Waals surface area contributed by atoms with Crippen LogP contribution >= 0.6 is 35.4 Å². The number of amides is 1. The van der Waals surface area contributed by atoms with Gasteiger partial charge >= 0.3 is 0 Å². The number of hydrogen-bond acceptors (Lipinski definition) is 5. The first-order valence-electron chi connectivity index (χ1n) is 10.5. The lowest BCUT2D eigenvalue weighted by molar-refractivity contribution is 0.0951. The molecule has 2 N–H and O–H groups in total. The molecule has 0 aliphatic heterocycles. The van der Waals surface area contributed by atoms with Crippen LogP contribution in [0.5, 0.6) is 0 Å². The van der Waals surface area contributed by atoms with E-state index in [1.165, 1.54) is 0 Å². The van der Waals surface area contributed by atoms with Gasteiger partial charge in [0.05, 0.1) is 15.7 Å². The van der Waals surface area contributed by atoms with E-state index in [4.69, 9.17) is 39.8 Å². The Hall–Kier alpha value is -3.72. The molecule has 3 aromatic carbocycles. The molecule has 10 heteroatoms. The van der Waals surface area contributed by atoms with E-state index in [2.05, 4.69) is 20.8 Å². The minimum absolute atomic E-state index is 0.0803. The number of carbonyl (C=O) groups excluding carboxylic acids is 1. The van der Waals surface area contributed by atoms with Crippen molar-refractivity contribution >= 4 is 63.2 Å². The number of rotatable bonds is 4. The maximum absolute atomic E-state index is 12.6. The molecule has 174 valence electrons. The zero-order valence-electron chi connectivity index (χ0n) is 18.3. The average Bonchev–Trinajstić information content (AvgIpc) is 3.48. The molecule has 0 fully saturated rings. The summed E-state index contributed by atoms with van der Waals surface area (Å²) in [6.07, 6.45) is 0. The van der Waals surface area contributed by atoms with Gasteiger partial charge in [-0.15, -0.1) is 10.2 Å². The highest BCUT2D eigenvalue weighted by Crippen LogP contribution is 2.34. The zero-order valence-corrected chi connectivity index (χ0v) is 20.6. The number of carbonyl (C=O) groups is 1. The van der Waals surface area contributed by atoms with Gasteiger partial charge in [-0.3, -0.25) is 10.1 Å². The Balaban J connectivity index is 1.27. The van der Waals surface area contributed by atoms with E-state index < -0.39 is 5.91 Å². The van der Waals surface area contributed by atoms with Crippen LogP contribution in [0.4, 0.5) is 5.69 Å². The standard InChI is InChI=1S/C25H17Cl2N5O2S/c1-14-5-8-16(9-6-14)32-30-19-10-7-15(13-20(19)31-32)28-25(35)29-24(33)22-12-11-21(34-22)17-3-2-4-18(26)23(17)27/h2-13H,1H3,(H2,28,29,33,35). The predicted molar refractivity (Wildman–Crippen MR) is 141 cm³/mol. The summed E-state index contributed by atoms with van der Waals surface area (Å²) in [5, 5.41) is 15.5. The maximum Gasteiger partial charge on any atom is 0.293 e. The molecule has 0 aliphatic rings. The molecule has 2 aromatic heterocycles. The fourth-order valence-electron chi connectivity index (χ4n) is 3.41. The van der Waals surface area contributed by atoms with Crippen molar-refractivity contribution in [3.63, 3.8) is 0 Å². The summed E-state index contributed by atoms with van der Waals surface area (Å²) in [6, 6.07) is 21.7. The number of benzene rings is 3. The maximum atomic E-state index is 12.6. The molecule has 0 bridgehead atoms. The first-order valence-corrected chi connectivity index (χ1v) is 11.6. The van der Waals surface area contributed by atoms with Crippen LogP contribution in [0.15, 0.2) is 77.2 Å². The van der Waals surface area contributed by atoms with E-state index in [9.17, 15) is 4.79 Å². The van der Waals surface area contributed by atoms with Crippen molar-refractivity contribution in [2.45, 2.75) is 6.92 Å². The molecule has 1 amide bonds. The number of nitrogens with one attached hydrogen (secondary N) is 2. The fraction of sp³-hybridized carbons (Fsp3) is 0.0400. The normalized spacial score (nSPS) is 10.9. The lowest BCUT2D eigenvalue weighted by atomic mass is 10.2. The van der Waals surface area contributed by atoms with Gasteiger partial charge in [0.15, 0.2) is 10.9 Å². The molecule has 0 saturated heterocycles. The third kappa shape index (κ3) is 4.90. The van der Waals surface area contributed by atoms with Gasteiger partial charge in [-0.25, -0.2) is 0 Å². The van der Waals surface area contributed by atoms with Crippen LogP contribution in [0.3, 0.4) is 0 Å². The van der Waals surface area contributed by atoms with E-state index >= 15 is 0 Å². The van der Waals surface area contributed by atoms with Gasteiger partial charge in [-0.1, -0.05) is 47.0 Å². The van der Waals surface area contributed by atoms with Crippen molar-refractivity contribution in [3.05, 3.63) is 94.2 Å². The first kappa shape index (κ1) is 23.0. The Bertz CT molecular complexity index is 1580. The lowest BCUT2D eigenvalue weighted by Gasteiger charge is -2.08. The monoisotopic (exact) mass is 521 g/mol. The Kier molecular flexibility index (Phi) is 6.25. The molecule has 5 rings (SSSR count). The van der Waals surface area contributed by atoms with Crippen LogP contribution in [-0.2, 0) is 0 Å². The molecule has 0 unspecified atom stereocenters. The van der Waals surface area contributed by atoms with Crippen LogP contribution in [0.25, 0.3) is 28.0 Å². The lowest BCUT2D eigenvalue weighted by Crippen LogP contribution is -2.33. The summed E-state index contributed by atoms with van der Waals surface area (Å²) in [7, 11) is 0. The largest absolute Gasteiger partial charge is 0.451 e. The van der Waals surface area contributed by atoms with Crippen molar-refractivity contribution in [1.29, 1.82) is 0 Å². The van der Waals surface area contributed by atoms with Crippen LogP contribution in [0.1, 0.15) is 16.1 Å². The molecule has 0 atom stereocenters. The third-order valence-corrected chi connectivity index (χ3v) is 6.20. The molecule has 7 nitrogen and oxygen atoms in total. The van der Waals surface area contributed by atoms with Crippen LogP contribution in [-0.4, -0.2) is 26.0 Å². The topological polar surface area (TPSA) is 85.0 Å². The number of aryl methyl sites for hydroxylation is 1. The molecule has 0 radical (unpaired) electrons. The van der Waals surface area contributed by atoms with E-state index in [1.54, 1.807) is 47.3 Å². The third-order valence-electron chi connectivity index (χ3n) is 5.18. The number of nitrogens with zero attached hydrogens (tertiary/aromatic N) is 3. The van der Waals surface area contributed by atoms with Crippen molar-refractivity contribution in [2.75, 3.05) is 5.32 Å². The highest BCUT2D eigenvalue weighted by Gasteiger charge is 2.16. The SMILES string of the molecule is Cc1ccc(-n2nc3ccc(NC(=S)NC(=O)c4ccc(-c5cccc(Cl)c5Cl)o4)cc3n2)cc1. The summed E-state index contributed by atoms with van der Waals surface area (Å²) in [5.41, 5.74) is 4.68. The molecule has 0 aliphatic carbocycles. The smallest absolute Gasteiger partial charge is 0.293 e. The number of aromatic nitrogens is 3. The molecule has 2 heterocycles. The number of furan rings is 1. The number of hydrogen-bond donors (Lipinski definition) is 2. The second-order valence-corrected chi connectivity index (χ2v) is 8.90. The summed E-state index contributed by atoms with van der Waals surface area (Å²) in [4.78, 5) is 14.2. The Morgan fingerprint density at radius 1 is 0.971 bits per heavy atom. The quantitative estimate of drug-likeness (QED) is 0.265. The summed E-state index contributed by atoms with van der Waals surface area (Å²) < 4.78 is 5.66. The second-order valence-electron chi connectivity index (χ2n) is 7.70. The molecule has 0 spiro atoms. The average molecular weight is 522 g/mol. The fourth-order valence-corrected chi connectivity index (χ4v) is 4.02. The van der Waals surface area contributed by atoms with Crippen LogP contribution in [0, 0.1) is 6.92 Å².